The fourth-order valence-electron chi connectivity index (χ4n) is 4.07. The largest absolute Gasteiger partial charge is 0.490 e. The Hall–Kier alpha value is -2.58. The topological polar surface area (TPSA) is 60.9 Å². The summed E-state index contributed by atoms with van der Waals surface area (Å²) in [7, 11) is 0. The van der Waals surface area contributed by atoms with E-state index >= 15 is 0 Å². The Balaban J connectivity index is 1.49. The molecule has 2 aliphatic rings. The van der Waals surface area contributed by atoms with Crippen LogP contribution < -0.4 is 4.74 Å². The van der Waals surface area contributed by atoms with E-state index in [1.807, 2.05) is 6.92 Å². The molecule has 3 heterocycles. The zero-order chi connectivity index (χ0) is 22.2. The Bertz CT molecular complexity index is 978. The number of benzene rings is 1. The highest BCUT2D eigenvalue weighted by Gasteiger charge is 2.53. The number of alkyl halides is 1. The van der Waals surface area contributed by atoms with Crippen molar-refractivity contribution in [3.63, 3.8) is 0 Å². The third kappa shape index (κ3) is 4.27. The first-order valence-corrected chi connectivity index (χ1v) is 10.3. The molecule has 6 nitrogen and oxygen atoms in total. The molecular weight excluding hydrogens is 406 g/mol. The number of hydrogen-bond acceptors (Lipinski definition) is 5. The Morgan fingerprint density at radius 3 is 2.90 bits per heavy atom. The van der Waals surface area contributed by atoms with Crippen LogP contribution in [-0.2, 0) is 15.1 Å². The molecule has 8 heteroatoms. The second kappa shape index (κ2) is 8.16. The van der Waals surface area contributed by atoms with Gasteiger partial charge < -0.3 is 19.1 Å². The van der Waals surface area contributed by atoms with Gasteiger partial charge in [0.1, 0.15) is 48.0 Å². The van der Waals surface area contributed by atoms with Crippen molar-refractivity contribution in [3.8, 4) is 5.75 Å². The summed E-state index contributed by atoms with van der Waals surface area (Å²) in [6.45, 7) is 5.31. The zero-order valence-electron chi connectivity index (χ0n) is 17.9. The molecule has 4 rings (SSSR count). The van der Waals surface area contributed by atoms with Crippen LogP contribution in [0.1, 0.15) is 41.9 Å². The van der Waals surface area contributed by atoms with E-state index in [9.17, 15) is 13.6 Å². The molecule has 0 bridgehead atoms. The average Bonchev–Trinajstić information content (AvgIpc) is 3.16. The predicted molar refractivity (Wildman–Crippen MR) is 109 cm³/mol. The van der Waals surface area contributed by atoms with Crippen LogP contribution in [0.3, 0.4) is 0 Å². The minimum Gasteiger partial charge on any atom is -0.490 e. The third-order valence-corrected chi connectivity index (χ3v) is 5.68. The van der Waals surface area contributed by atoms with Crippen LogP contribution in [0, 0.1) is 12.7 Å². The number of aromatic nitrogens is 1. The molecule has 0 radical (unpaired) electrons. The van der Waals surface area contributed by atoms with Crippen LogP contribution in [0.4, 0.5) is 8.78 Å². The highest BCUT2D eigenvalue weighted by atomic mass is 19.1. The van der Waals surface area contributed by atoms with Crippen molar-refractivity contribution in [2.24, 2.45) is 0 Å². The summed E-state index contributed by atoms with van der Waals surface area (Å²) < 4.78 is 45.2. The van der Waals surface area contributed by atoms with Crippen molar-refractivity contribution in [3.05, 3.63) is 59.2 Å². The summed E-state index contributed by atoms with van der Waals surface area (Å²) in [5.41, 5.74) is -0.970. The molecule has 1 amide bonds. The first kappa shape index (κ1) is 21.6. The maximum atomic E-state index is 14.4. The summed E-state index contributed by atoms with van der Waals surface area (Å²) in [6.07, 6.45) is 1.40. The number of nitrogens with zero attached hydrogens (tertiary/aromatic N) is 2. The van der Waals surface area contributed by atoms with Crippen molar-refractivity contribution in [2.75, 3.05) is 26.5 Å². The van der Waals surface area contributed by atoms with E-state index in [2.05, 4.69) is 4.98 Å². The number of pyridine rings is 1. The van der Waals surface area contributed by atoms with E-state index in [1.54, 1.807) is 23.1 Å². The number of fused-ring (bicyclic) bond motifs is 1. The first-order valence-electron chi connectivity index (χ1n) is 10.3. The van der Waals surface area contributed by atoms with Gasteiger partial charge in [0.2, 0.25) is 0 Å². The minimum absolute atomic E-state index is 0.0266. The molecule has 2 saturated heterocycles. The van der Waals surface area contributed by atoms with Crippen molar-refractivity contribution in [1.29, 1.82) is 0 Å². The molecule has 31 heavy (non-hydrogen) atoms. The van der Waals surface area contributed by atoms with E-state index in [1.165, 1.54) is 32.2 Å². The van der Waals surface area contributed by atoms with Crippen molar-refractivity contribution in [2.45, 2.75) is 44.6 Å². The maximum Gasteiger partial charge on any atom is 0.253 e. The van der Waals surface area contributed by atoms with E-state index in [0.717, 1.165) is 5.56 Å². The summed E-state index contributed by atoms with van der Waals surface area (Å²) in [5.74, 6) is -0.0652. The van der Waals surface area contributed by atoms with Gasteiger partial charge in [-0.15, -0.1) is 0 Å². The predicted octanol–water partition coefficient (Wildman–Crippen LogP) is 3.77. The van der Waals surface area contributed by atoms with Crippen molar-refractivity contribution >= 4 is 5.91 Å². The zero-order valence-corrected chi connectivity index (χ0v) is 17.9. The summed E-state index contributed by atoms with van der Waals surface area (Å²) in [4.78, 5) is 19.0. The molecule has 2 aliphatic heterocycles. The van der Waals surface area contributed by atoms with Gasteiger partial charge in [0.15, 0.2) is 0 Å². The molecule has 1 aromatic heterocycles. The average molecular weight is 432 g/mol. The maximum absolute atomic E-state index is 14.4. The number of aryl methyl sites for hydroxylation is 1. The van der Waals surface area contributed by atoms with E-state index in [4.69, 9.17) is 14.2 Å². The monoisotopic (exact) mass is 432 g/mol. The second-order valence-electron chi connectivity index (χ2n) is 8.63. The van der Waals surface area contributed by atoms with Gasteiger partial charge in [-0.1, -0.05) is 0 Å². The SMILES string of the molecule is Cc1cc(C(=O)N2CC[C@]3(c4ncccc4F)OCO[C@@H]3C2)ccc1OCC(C)(C)F. The second-order valence-corrected chi connectivity index (χ2v) is 8.63. The van der Waals surface area contributed by atoms with Crippen molar-refractivity contribution < 1.29 is 27.8 Å². The van der Waals surface area contributed by atoms with Gasteiger partial charge in [0.25, 0.3) is 5.91 Å². The van der Waals surface area contributed by atoms with Crippen LogP contribution in [0.25, 0.3) is 0 Å². The van der Waals surface area contributed by atoms with Crippen LogP contribution in [-0.4, -0.2) is 54.1 Å². The fourth-order valence-corrected chi connectivity index (χ4v) is 4.07. The lowest BCUT2D eigenvalue weighted by atomic mass is 9.84. The summed E-state index contributed by atoms with van der Waals surface area (Å²) in [5, 5.41) is 0. The summed E-state index contributed by atoms with van der Waals surface area (Å²) in [6, 6.07) is 7.96. The van der Waals surface area contributed by atoms with Crippen LogP contribution in [0.5, 0.6) is 5.75 Å². The van der Waals surface area contributed by atoms with E-state index < -0.39 is 23.2 Å². The van der Waals surface area contributed by atoms with Crippen LogP contribution in [0.2, 0.25) is 0 Å². The molecular formula is C23H26F2N2O4. The highest BCUT2D eigenvalue weighted by molar-refractivity contribution is 5.94. The van der Waals surface area contributed by atoms with Gasteiger partial charge >= 0.3 is 0 Å². The smallest absolute Gasteiger partial charge is 0.253 e. The van der Waals surface area contributed by atoms with Gasteiger partial charge in [-0.05, 0) is 56.7 Å². The van der Waals surface area contributed by atoms with E-state index in [-0.39, 0.29) is 31.5 Å². The number of likely N-dealkylation sites (tertiary alicyclic amines) is 1. The molecule has 166 valence electrons. The molecule has 1 aromatic carbocycles. The molecule has 0 unspecified atom stereocenters. The Morgan fingerprint density at radius 1 is 1.39 bits per heavy atom. The molecule has 0 saturated carbocycles. The standard InChI is InChI=1S/C23H26F2N2O4/c1-15-11-16(6-7-18(15)29-13-22(2,3)25)21(28)27-10-8-23(19(12-27)30-14-31-23)20-17(24)5-4-9-26-20/h4-7,9,11,19H,8,10,12-14H2,1-3H3/t19-,23+/m1/s1. The molecule has 2 aromatic rings. The van der Waals surface area contributed by atoms with Gasteiger partial charge in [-0.2, -0.15) is 0 Å². The number of rotatable bonds is 5. The number of piperidine rings is 1. The molecule has 2 fully saturated rings. The normalized spacial score (nSPS) is 23.5. The number of carbonyl (C=O) groups is 1. The molecule has 0 spiro atoms. The van der Waals surface area contributed by atoms with E-state index in [0.29, 0.717) is 24.3 Å². The minimum atomic E-state index is -1.45. The number of hydrogen-bond donors (Lipinski definition) is 0. The lowest BCUT2D eigenvalue weighted by Crippen LogP contribution is -2.54. The number of amides is 1. The number of halogens is 2. The van der Waals surface area contributed by atoms with Gasteiger partial charge in [0, 0.05) is 24.7 Å². The molecule has 0 aliphatic carbocycles. The highest BCUT2D eigenvalue weighted by Crippen LogP contribution is 2.42. The Kier molecular flexibility index (Phi) is 5.70. The third-order valence-electron chi connectivity index (χ3n) is 5.68. The van der Waals surface area contributed by atoms with Crippen molar-refractivity contribution in [1.82, 2.24) is 9.88 Å². The van der Waals surface area contributed by atoms with Gasteiger partial charge in [-0.3, -0.25) is 9.78 Å². The summed E-state index contributed by atoms with van der Waals surface area (Å²) >= 11 is 0. The number of carbonyl (C=O) groups excluding carboxylic acids is 1. The molecule has 2 atom stereocenters. The quantitative estimate of drug-likeness (QED) is 0.720. The number of ether oxygens (including phenoxy) is 3. The van der Waals surface area contributed by atoms with Crippen LogP contribution in [0.15, 0.2) is 36.5 Å². The van der Waals surface area contributed by atoms with Gasteiger partial charge in [-0.25, -0.2) is 8.78 Å². The molecule has 0 N–H and O–H groups in total. The lowest BCUT2D eigenvalue weighted by Gasteiger charge is -2.41. The lowest BCUT2D eigenvalue weighted by molar-refractivity contribution is -0.0494. The van der Waals surface area contributed by atoms with Crippen LogP contribution >= 0.6 is 0 Å². The first-order chi connectivity index (χ1) is 14.7. The Labute approximate surface area is 180 Å². The fraction of sp³-hybridized carbons (Fsp3) is 0.478. The van der Waals surface area contributed by atoms with Gasteiger partial charge in [0.05, 0.1) is 6.54 Å². The Morgan fingerprint density at radius 2 is 2.19 bits per heavy atom.